The molecule has 1 aromatic heterocycles. The van der Waals surface area contributed by atoms with Crippen LogP contribution in [-0.2, 0) is 11.4 Å². The molecule has 0 aliphatic carbocycles. The summed E-state index contributed by atoms with van der Waals surface area (Å²) in [5, 5.41) is 3.50. The molecule has 4 nitrogen and oxygen atoms in total. The molecule has 4 heteroatoms. The van der Waals surface area contributed by atoms with E-state index in [0.717, 1.165) is 5.76 Å². The Hall–Kier alpha value is -0.870. The molecule has 0 radical (unpaired) electrons. The Kier molecular flexibility index (Phi) is 2.23. The van der Waals surface area contributed by atoms with Crippen LogP contribution in [0.15, 0.2) is 16.8 Å². The Morgan fingerprint density at radius 2 is 2.78 bits per heavy atom. The Morgan fingerprint density at radius 1 is 1.89 bits per heavy atom. The van der Waals surface area contributed by atoms with Gasteiger partial charge in [0.15, 0.2) is 5.76 Å². The lowest BCUT2D eigenvalue weighted by Gasteiger charge is -1.93. The Bertz CT molecular complexity index is 150. The van der Waals surface area contributed by atoms with Crippen molar-refractivity contribution >= 4 is 0 Å². The van der Waals surface area contributed by atoms with Gasteiger partial charge in [-0.25, -0.2) is 0 Å². The largest absolute Gasteiger partial charge is 0.360 e. The Labute approximate surface area is 52.7 Å². The Balaban J connectivity index is 2.30. The summed E-state index contributed by atoms with van der Waals surface area (Å²) in [6.07, 6.45) is 1.59. The lowest BCUT2D eigenvalue weighted by molar-refractivity contribution is 0.0802. The van der Waals surface area contributed by atoms with Crippen molar-refractivity contribution < 1.29 is 9.36 Å². The predicted molar refractivity (Wildman–Crippen MR) is 30.4 cm³/mol. The molecule has 50 valence electrons. The molecule has 0 amide bonds. The van der Waals surface area contributed by atoms with E-state index in [2.05, 4.69) is 15.5 Å². The smallest absolute Gasteiger partial charge is 0.152 e. The maximum Gasteiger partial charge on any atom is 0.152 e. The molecule has 0 aromatic carbocycles. The standard InChI is InChI=1S/C5H8N2O2/c1-8-7-4-5-2-3-6-9-5/h2-3,7H,4H2,1H3. The summed E-state index contributed by atoms with van der Waals surface area (Å²) in [6.45, 7) is 0.552. The minimum Gasteiger partial charge on any atom is -0.360 e. The minimum absolute atomic E-state index is 0.552. The van der Waals surface area contributed by atoms with Crippen molar-refractivity contribution in [3.63, 3.8) is 0 Å². The number of hydrogen-bond donors (Lipinski definition) is 1. The van der Waals surface area contributed by atoms with Crippen LogP contribution in [0.1, 0.15) is 5.76 Å². The second kappa shape index (κ2) is 3.21. The maximum atomic E-state index is 4.74. The first-order valence-corrected chi connectivity index (χ1v) is 2.59. The molecule has 0 saturated carbocycles. The van der Waals surface area contributed by atoms with E-state index in [1.807, 2.05) is 0 Å². The van der Waals surface area contributed by atoms with Crippen LogP contribution in [0.2, 0.25) is 0 Å². The number of rotatable bonds is 3. The molecule has 0 aliphatic heterocycles. The first-order chi connectivity index (χ1) is 4.43. The zero-order chi connectivity index (χ0) is 6.53. The number of nitrogens with zero attached hydrogens (tertiary/aromatic N) is 1. The van der Waals surface area contributed by atoms with Gasteiger partial charge in [0.25, 0.3) is 0 Å². The predicted octanol–water partition coefficient (Wildman–Crippen LogP) is 0.326. The lowest BCUT2D eigenvalue weighted by Crippen LogP contribution is -2.09. The molecule has 1 rings (SSSR count). The monoisotopic (exact) mass is 128 g/mol. The molecule has 1 N–H and O–H groups in total. The van der Waals surface area contributed by atoms with Crippen LogP contribution in [0.3, 0.4) is 0 Å². The number of hydrogen-bond acceptors (Lipinski definition) is 4. The van der Waals surface area contributed by atoms with Crippen molar-refractivity contribution in [2.45, 2.75) is 6.54 Å². The quantitative estimate of drug-likeness (QED) is 0.596. The number of hydroxylamine groups is 1. The van der Waals surface area contributed by atoms with E-state index in [-0.39, 0.29) is 0 Å². The molecule has 9 heavy (non-hydrogen) atoms. The SMILES string of the molecule is CONCc1ccno1. The van der Waals surface area contributed by atoms with Gasteiger partial charge in [-0.15, -0.1) is 0 Å². The zero-order valence-corrected chi connectivity index (χ0v) is 5.13. The highest BCUT2D eigenvalue weighted by Crippen LogP contribution is 1.93. The normalized spacial score (nSPS) is 9.89. The second-order valence-corrected chi connectivity index (χ2v) is 1.50. The van der Waals surface area contributed by atoms with Gasteiger partial charge < -0.3 is 9.36 Å². The summed E-state index contributed by atoms with van der Waals surface area (Å²) in [7, 11) is 1.55. The van der Waals surface area contributed by atoms with Crippen LogP contribution >= 0.6 is 0 Å². The van der Waals surface area contributed by atoms with Crippen LogP contribution in [0.5, 0.6) is 0 Å². The van der Waals surface area contributed by atoms with Crippen LogP contribution in [0.25, 0.3) is 0 Å². The lowest BCUT2D eigenvalue weighted by atomic mass is 10.5. The van der Waals surface area contributed by atoms with Crippen LogP contribution < -0.4 is 5.48 Å². The fourth-order valence-electron chi connectivity index (χ4n) is 0.477. The van der Waals surface area contributed by atoms with Crippen molar-refractivity contribution in [3.05, 3.63) is 18.0 Å². The van der Waals surface area contributed by atoms with Crippen molar-refractivity contribution in [2.75, 3.05) is 7.11 Å². The number of aromatic nitrogens is 1. The highest BCUT2D eigenvalue weighted by molar-refractivity contribution is 4.90. The average molecular weight is 128 g/mol. The third kappa shape index (κ3) is 1.83. The molecule has 0 atom stereocenters. The third-order valence-electron chi connectivity index (χ3n) is 0.882. The highest BCUT2D eigenvalue weighted by Gasteiger charge is 1.92. The summed E-state index contributed by atoms with van der Waals surface area (Å²) in [4.78, 5) is 4.58. The number of nitrogens with one attached hydrogen (secondary N) is 1. The van der Waals surface area contributed by atoms with Crippen molar-refractivity contribution in [1.82, 2.24) is 10.6 Å². The van der Waals surface area contributed by atoms with Crippen LogP contribution in [0, 0.1) is 0 Å². The average Bonchev–Trinajstić information content (AvgIpc) is 2.34. The molecule has 0 unspecified atom stereocenters. The van der Waals surface area contributed by atoms with Gasteiger partial charge in [-0.2, -0.15) is 5.48 Å². The van der Waals surface area contributed by atoms with Gasteiger partial charge in [0, 0.05) is 6.07 Å². The van der Waals surface area contributed by atoms with E-state index in [0.29, 0.717) is 6.54 Å². The van der Waals surface area contributed by atoms with Crippen molar-refractivity contribution in [2.24, 2.45) is 0 Å². The van der Waals surface area contributed by atoms with E-state index < -0.39 is 0 Å². The van der Waals surface area contributed by atoms with Gasteiger partial charge in [-0.05, 0) is 0 Å². The molecule has 1 heterocycles. The summed E-state index contributed by atoms with van der Waals surface area (Å²) >= 11 is 0. The zero-order valence-electron chi connectivity index (χ0n) is 5.13. The molecule has 0 spiro atoms. The van der Waals surface area contributed by atoms with Crippen LogP contribution in [0.4, 0.5) is 0 Å². The van der Waals surface area contributed by atoms with Gasteiger partial charge >= 0.3 is 0 Å². The van der Waals surface area contributed by atoms with E-state index in [1.165, 1.54) is 0 Å². The van der Waals surface area contributed by atoms with Gasteiger partial charge in [-0.3, -0.25) is 0 Å². The van der Waals surface area contributed by atoms with E-state index in [4.69, 9.17) is 4.52 Å². The van der Waals surface area contributed by atoms with Gasteiger partial charge in [0.1, 0.15) is 0 Å². The molecule has 0 aliphatic rings. The van der Waals surface area contributed by atoms with Gasteiger partial charge in [-0.1, -0.05) is 5.16 Å². The Morgan fingerprint density at radius 3 is 3.33 bits per heavy atom. The van der Waals surface area contributed by atoms with Gasteiger partial charge in [0.05, 0.1) is 19.9 Å². The summed E-state index contributed by atoms with van der Waals surface area (Å²) in [5.41, 5.74) is 2.62. The molecular formula is C5H8N2O2. The van der Waals surface area contributed by atoms with E-state index in [9.17, 15) is 0 Å². The first-order valence-electron chi connectivity index (χ1n) is 2.59. The van der Waals surface area contributed by atoms with Crippen molar-refractivity contribution in [3.8, 4) is 0 Å². The first kappa shape index (κ1) is 6.25. The maximum absolute atomic E-state index is 4.74. The van der Waals surface area contributed by atoms with Gasteiger partial charge in [0.2, 0.25) is 0 Å². The highest BCUT2D eigenvalue weighted by atomic mass is 16.6. The molecule has 0 saturated heterocycles. The summed E-state index contributed by atoms with van der Waals surface area (Å²) < 4.78 is 4.74. The van der Waals surface area contributed by atoms with E-state index in [1.54, 1.807) is 19.4 Å². The fraction of sp³-hybridized carbons (Fsp3) is 0.400. The topological polar surface area (TPSA) is 47.3 Å². The fourth-order valence-corrected chi connectivity index (χ4v) is 0.477. The van der Waals surface area contributed by atoms with Crippen molar-refractivity contribution in [1.29, 1.82) is 0 Å². The summed E-state index contributed by atoms with van der Waals surface area (Å²) in [5.74, 6) is 0.761. The summed E-state index contributed by atoms with van der Waals surface area (Å²) in [6, 6.07) is 1.77. The third-order valence-corrected chi connectivity index (χ3v) is 0.882. The molecule has 0 fully saturated rings. The van der Waals surface area contributed by atoms with E-state index >= 15 is 0 Å². The van der Waals surface area contributed by atoms with Crippen LogP contribution in [-0.4, -0.2) is 12.3 Å². The second-order valence-electron chi connectivity index (χ2n) is 1.50. The molecule has 0 bridgehead atoms. The molecular weight excluding hydrogens is 120 g/mol. The molecule has 1 aromatic rings. The minimum atomic E-state index is 0.552.